The molecule has 2 heteroatoms. The molecule has 0 fully saturated rings. The lowest BCUT2D eigenvalue weighted by molar-refractivity contribution is -0.133. The van der Waals surface area contributed by atoms with E-state index in [-0.39, 0.29) is 11.3 Å². The number of allylic oxidation sites excluding steroid dienone is 3. The van der Waals surface area contributed by atoms with Crippen molar-refractivity contribution in [2.24, 2.45) is 11.3 Å². The summed E-state index contributed by atoms with van der Waals surface area (Å²) < 4.78 is 0. The fourth-order valence-electron chi connectivity index (χ4n) is 2.38. The highest BCUT2D eigenvalue weighted by atomic mass is 16.2. The standard InChI is InChI=1S/C12H17NO/c1-8-5-6-9-10(7-8)13(4)11(14)12(9,2)3/h5-6,8H,7H2,1-4H3. The average Bonchev–Trinajstić information content (AvgIpc) is 2.28. The summed E-state index contributed by atoms with van der Waals surface area (Å²) in [7, 11) is 1.89. The lowest BCUT2D eigenvalue weighted by atomic mass is 9.81. The average molecular weight is 191 g/mol. The summed E-state index contributed by atoms with van der Waals surface area (Å²) in [6.45, 7) is 6.20. The van der Waals surface area contributed by atoms with Gasteiger partial charge in [-0.05, 0) is 31.8 Å². The molecule has 0 aromatic heterocycles. The van der Waals surface area contributed by atoms with Gasteiger partial charge in [0.05, 0.1) is 5.41 Å². The van der Waals surface area contributed by atoms with Crippen molar-refractivity contribution in [3.63, 3.8) is 0 Å². The highest BCUT2D eigenvalue weighted by Crippen LogP contribution is 2.43. The fourth-order valence-corrected chi connectivity index (χ4v) is 2.38. The Labute approximate surface area is 85.3 Å². The number of rotatable bonds is 0. The molecule has 0 aromatic rings. The first-order chi connectivity index (χ1) is 6.44. The molecule has 0 saturated heterocycles. The van der Waals surface area contributed by atoms with E-state index in [0.29, 0.717) is 5.92 Å². The number of hydrogen-bond donors (Lipinski definition) is 0. The zero-order chi connectivity index (χ0) is 10.5. The molecule has 1 aliphatic heterocycles. The molecule has 0 N–H and O–H groups in total. The molecule has 0 saturated carbocycles. The molecule has 0 spiro atoms. The normalized spacial score (nSPS) is 29.9. The second-order valence-electron chi connectivity index (χ2n) is 4.89. The van der Waals surface area contributed by atoms with Crippen LogP contribution in [0.4, 0.5) is 0 Å². The van der Waals surface area contributed by atoms with Gasteiger partial charge >= 0.3 is 0 Å². The minimum absolute atomic E-state index is 0.223. The van der Waals surface area contributed by atoms with Crippen molar-refractivity contribution in [3.8, 4) is 0 Å². The number of hydrogen-bond acceptors (Lipinski definition) is 1. The van der Waals surface area contributed by atoms with Crippen molar-refractivity contribution in [2.75, 3.05) is 7.05 Å². The van der Waals surface area contributed by atoms with E-state index in [4.69, 9.17) is 0 Å². The molecule has 1 aliphatic carbocycles. The molecule has 2 aliphatic rings. The van der Waals surface area contributed by atoms with Gasteiger partial charge in [-0.3, -0.25) is 4.79 Å². The quantitative estimate of drug-likeness (QED) is 0.575. The molecule has 1 heterocycles. The van der Waals surface area contributed by atoms with Gasteiger partial charge in [0.25, 0.3) is 0 Å². The summed E-state index contributed by atoms with van der Waals surface area (Å²) in [6.07, 6.45) is 5.33. The van der Waals surface area contributed by atoms with Gasteiger partial charge in [-0.25, -0.2) is 0 Å². The van der Waals surface area contributed by atoms with E-state index in [1.54, 1.807) is 0 Å². The smallest absolute Gasteiger partial charge is 0.236 e. The SMILES string of the molecule is CC1C=CC2=C(C1)N(C)C(=O)C2(C)C. The van der Waals surface area contributed by atoms with Crippen molar-refractivity contribution >= 4 is 5.91 Å². The first-order valence-corrected chi connectivity index (χ1v) is 5.14. The van der Waals surface area contributed by atoms with Crippen LogP contribution in [-0.4, -0.2) is 17.9 Å². The predicted octanol–water partition coefficient (Wildman–Crippen LogP) is 2.33. The molecule has 1 atom stereocenters. The second kappa shape index (κ2) is 2.72. The Morgan fingerprint density at radius 2 is 2.14 bits per heavy atom. The highest BCUT2D eigenvalue weighted by molar-refractivity contribution is 5.91. The van der Waals surface area contributed by atoms with E-state index < -0.39 is 0 Å². The van der Waals surface area contributed by atoms with Crippen LogP contribution in [0, 0.1) is 11.3 Å². The van der Waals surface area contributed by atoms with E-state index in [0.717, 1.165) is 6.42 Å². The highest BCUT2D eigenvalue weighted by Gasteiger charge is 2.43. The fraction of sp³-hybridized carbons (Fsp3) is 0.583. The molecule has 0 bridgehead atoms. The van der Waals surface area contributed by atoms with Crippen molar-refractivity contribution in [3.05, 3.63) is 23.4 Å². The van der Waals surface area contributed by atoms with Crippen LogP contribution in [0.5, 0.6) is 0 Å². The monoisotopic (exact) mass is 191 g/mol. The lowest BCUT2D eigenvalue weighted by Crippen LogP contribution is -2.30. The number of amides is 1. The van der Waals surface area contributed by atoms with Crippen LogP contribution >= 0.6 is 0 Å². The van der Waals surface area contributed by atoms with Gasteiger partial charge in [0.2, 0.25) is 5.91 Å². The topological polar surface area (TPSA) is 20.3 Å². The molecular weight excluding hydrogens is 174 g/mol. The second-order valence-corrected chi connectivity index (χ2v) is 4.89. The van der Waals surface area contributed by atoms with E-state index in [9.17, 15) is 4.79 Å². The third kappa shape index (κ3) is 1.06. The zero-order valence-electron chi connectivity index (χ0n) is 9.29. The van der Waals surface area contributed by atoms with E-state index in [2.05, 4.69) is 19.1 Å². The van der Waals surface area contributed by atoms with Crippen LogP contribution < -0.4 is 0 Å². The van der Waals surface area contributed by atoms with Crippen molar-refractivity contribution in [1.29, 1.82) is 0 Å². The number of carbonyl (C=O) groups is 1. The van der Waals surface area contributed by atoms with Crippen molar-refractivity contribution < 1.29 is 4.79 Å². The molecule has 0 aromatic carbocycles. The largest absolute Gasteiger partial charge is 0.318 e. The Hall–Kier alpha value is -1.05. The van der Waals surface area contributed by atoms with Gasteiger partial charge in [-0.15, -0.1) is 0 Å². The van der Waals surface area contributed by atoms with Crippen LogP contribution in [0.2, 0.25) is 0 Å². The maximum absolute atomic E-state index is 12.0. The van der Waals surface area contributed by atoms with Crippen LogP contribution in [0.3, 0.4) is 0 Å². The van der Waals surface area contributed by atoms with Crippen LogP contribution in [0.15, 0.2) is 23.4 Å². The molecule has 76 valence electrons. The zero-order valence-corrected chi connectivity index (χ0v) is 9.29. The van der Waals surface area contributed by atoms with Gasteiger partial charge in [0, 0.05) is 12.7 Å². The lowest BCUT2D eigenvalue weighted by Gasteiger charge is -2.20. The molecule has 2 nitrogen and oxygen atoms in total. The first kappa shape index (κ1) is 9.50. The molecular formula is C12H17NO. The summed E-state index contributed by atoms with van der Waals surface area (Å²) in [5.41, 5.74) is 2.11. The van der Waals surface area contributed by atoms with E-state index in [1.807, 2.05) is 25.8 Å². The Morgan fingerprint density at radius 3 is 2.79 bits per heavy atom. The Bertz CT molecular complexity index is 349. The minimum atomic E-state index is -0.319. The maximum atomic E-state index is 12.0. The van der Waals surface area contributed by atoms with Crippen LogP contribution in [0.1, 0.15) is 27.2 Å². The minimum Gasteiger partial charge on any atom is -0.318 e. The Morgan fingerprint density at radius 1 is 1.50 bits per heavy atom. The van der Waals surface area contributed by atoms with Gasteiger partial charge < -0.3 is 4.90 Å². The Balaban J connectivity index is 2.48. The number of carbonyl (C=O) groups excluding carboxylic acids is 1. The molecule has 1 amide bonds. The van der Waals surface area contributed by atoms with Crippen LogP contribution in [-0.2, 0) is 4.79 Å². The van der Waals surface area contributed by atoms with Gasteiger partial charge in [0.1, 0.15) is 0 Å². The summed E-state index contributed by atoms with van der Waals surface area (Å²) in [5, 5.41) is 0. The van der Waals surface area contributed by atoms with Gasteiger partial charge in [-0.2, -0.15) is 0 Å². The summed E-state index contributed by atoms with van der Waals surface area (Å²) in [5.74, 6) is 0.777. The Kier molecular flexibility index (Phi) is 1.85. The summed E-state index contributed by atoms with van der Waals surface area (Å²) in [4.78, 5) is 13.8. The molecule has 2 rings (SSSR count). The van der Waals surface area contributed by atoms with E-state index >= 15 is 0 Å². The molecule has 14 heavy (non-hydrogen) atoms. The predicted molar refractivity (Wildman–Crippen MR) is 56.5 cm³/mol. The van der Waals surface area contributed by atoms with Gasteiger partial charge in [0.15, 0.2) is 0 Å². The molecule has 0 radical (unpaired) electrons. The van der Waals surface area contributed by atoms with Crippen molar-refractivity contribution in [1.82, 2.24) is 4.90 Å². The number of nitrogens with zero attached hydrogens (tertiary/aromatic N) is 1. The van der Waals surface area contributed by atoms with Gasteiger partial charge in [-0.1, -0.05) is 19.1 Å². The van der Waals surface area contributed by atoms with E-state index in [1.165, 1.54) is 11.3 Å². The summed E-state index contributed by atoms with van der Waals surface area (Å²) >= 11 is 0. The summed E-state index contributed by atoms with van der Waals surface area (Å²) in [6, 6.07) is 0. The van der Waals surface area contributed by atoms with Crippen molar-refractivity contribution in [2.45, 2.75) is 27.2 Å². The third-order valence-electron chi connectivity index (χ3n) is 3.34. The first-order valence-electron chi connectivity index (χ1n) is 5.14. The van der Waals surface area contributed by atoms with Crippen LogP contribution in [0.25, 0.3) is 0 Å². The molecule has 1 unspecified atom stereocenters. The third-order valence-corrected chi connectivity index (χ3v) is 3.34. The maximum Gasteiger partial charge on any atom is 0.236 e.